The zero-order valence-electron chi connectivity index (χ0n) is 22.5. The van der Waals surface area contributed by atoms with Crippen LogP contribution in [0.25, 0.3) is 0 Å². The Hall–Kier alpha value is -3.74. The minimum Gasteiger partial charge on any atom is -0.484 e. The third-order valence-electron chi connectivity index (χ3n) is 6.20. The lowest BCUT2D eigenvalue weighted by atomic mass is 10.2. The molecule has 1 aliphatic heterocycles. The third kappa shape index (κ3) is 8.87. The van der Waals surface area contributed by atoms with Gasteiger partial charge in [-0.3, -0.25) is 13.9 Å². The molecule has 0 spiro atoms. The Labute approximate surface area is 247 Å². The average molecular weight is 644 g/mol. The maximum atomic E-state index is 13.5. The maximum absolute atomic E-state index is 13.5. The molecule has 0 unspecified atom stereocenters. The lowest BCUT2D eigenvalue weighted by Gasteiger charge is -2.24. The number of halogens is 1. The minimum atomic E-state index is -4.03. The van der Waals surface area contributed by atoms with E-state index in [0.717, 1.165) is 29.3 Å². The lowest BCUT2D eigenvalue weighted by molar-refractivity contribution is -0.123. The predicted octanol–water partition coefficient (Wildman–Crippen LogP) is 3.78. The Bertz CT molecular complexity index is 1470. The van der Waals surface area contributed by atoms with Crippen molar-refractivity contribution in [3.8, 4) is 5.75 Å². The van der Waals surface area contributed by atoms with Crippen LogP contribution in [0, 0.1) is 6.92 Å². The van der Waals surface area contributed by atoms with Crippen molar-refractivity contribution in [3.63, 3.8) is 0 Å². The summed E-state index contributed by atoms with van der Waals surface area (Å²) in [6, 6.07) is 19.9. The van der Waals surface area contributed by atoms with E-state index in [-0.39, 0.29) is 23.5 Å². The van der Waals surface area contributed by atoms with Crippen LogP contribution >= 0.6 is 15.9 Å². The zero-order chi connectivity index (χ0) is 29.2. The van der Waals surface area contributed by atoms with Crippen LogP contribution in [0.5, 0.6) is 5.75 Å². The molecule has 10 nitrogen and oxygen atoms in total. The normalized spacial score (nSPS) is 15.0. The highest BCUT2D eigenvalue weighted by Crippen LogP contribution is 2.26. The van der Waals surface area contributed by atoms with Gasteiger partial charge in [0.15, 0.2) is 6.61 Å². The monoisotopic (exact) mass is 642 g/mol. The standard InChI is InChI=1S/C29H31BrN4O6S/c1-21-7-13-27(14-8-21)41(37,38)34(24-5-2-4-23(30)16-24)19-28(35)33-32-17-22-9-11-25(12-10-22)40-20-29(36)31-18-26-6-3-15-39-26/h2,4-5,7-14,16-17,26H,3,6,15,18-20H2,1H3,(H,31,36)(H,33,35)/b32-17-/t26-/m1/s1. The van der Waals surface area contributed by atoms with E-state index >= 15 is 0 Å². The highest BCUT2D eigenvalue weighted by molar-refractivity contribution is 9.10. The van der Waals surface area contributed by atoms with E-state index in [9.17, 15) is 18.0 Å². The predicted molar refractivity (Wildman–Crippen MR) is 160 cm³/mol. The molecule has 1 saturated heterocycles. The number of anilines is 1. The summed E-state index contributed by atoms with van der Waals surface area (Å²) in [5.74, 6) is -0.342. The van der Waals surface area contributed by atoms with Gasteiger partial charge in [0.05, 0.1) is 22.9 Å². The average Bonchev–Trinajstić information content (AvgIpc) is 3.48. The van der Waals surface area contributed by atoms with Crippen LogP contribution in [0.3, 0.4) is 0 Å². The Morgan fingerprint density at radius 3 is 2.54 bits per heavy atom. The molecule has 3 aromatic rings. The van der Waals surface area contributed by atoms with Crippen LogP contribution in [0.15, 0.2) is 87.3 Å². The third-order valence-corrected chi connectivity index (χ3v) is 8.48. The molecular formula is C29H31BrN4O6S. The zero-order valence-corrected chi connectivity index (χ0v) is 24.9. The van der Waals surface area contributed by atoms with Gasteiger partial charge in [0, 0.05) is 17.6 Å². The minimum absolute atomic E-state index is 0.0687. The Balaban J connectivity index is 1.32. The Morgan fingerprint density at radius 1 is 1.10 bits per heavy atom. The lowest BCUT2D eigenvalue weighted by Crippen LogP contribution is -2.39. The van der Waals surface area contributed by atoms with Gasteiger partial charge < -0.3 is 14.8 Å². The number of ether oxygens (including phenoxy) is 2. The number of hydrogen-bond donors (Lipinski definition) is 2. The van der Waals surface area contributed by atoms with E-state index in [1.807, 2.05) is 6.92 Å². The largest absolute Gasteiger partial charge is 0.484 e. The smallest absolute Gasteiger partial charge is 0.264 e. The number of hydrazone groups is 1. The van der Waals surface area contributed by atoms with Gasteiger partial charge in [-0.1, -0.05) is 39.7 Å². The van der Waals surface area contributed by atoms with Crippen LogP contribution in [0.4, 0.5) is 5.69 Å². The quantitative estimate of drug-likeness (QED) is 0.229. The molecule has 1 aliphatic rings. The van der Waals surface area contributed by atoms with E-state index in [4.69, 9.17) is 9.47 Å². The summed E-state index contributed by atoms with van der Waals surface area (Å²) in [6.45, 7) is 2.47. The van der Waals surface area contributed by atoms with Crippen LogP contribution in [-0.4, -0.2) is 58.9 Å². The van der Waals surface area contributed by atoms with Crippen molar-refractivity contribution >= 4 is 49.7 Å². The number of benzene rings is 3. The first-order valence-electron chi connectivity index (χ1n) is 13.0. The second kappa shape index (κ2) is 14.2. The molecule has 0 bridgehead atoms. The van der Waals surface area contributed by atoms with E-state index in [2.05, 4.69) is 31.8 Å². The summed E-state index contributed by atoms with van der Waals surface area (Å²) in [7, 11) is -4.03. The van der Waals surface area contributed by atoms with Crippen molar-refractivity contribution in [1.29, 1.82) is 0 Å². The molecule has 12 heteroatoms. The summed E-state index contributed by atoms with van der Waals surface area (Å²) < 4.78 is 39.6. The van der Waals surface area contributed by atoms with Crippen molar-refractivity contribution in [3.05, 3.63) is 88.4 Å². The molecule has 216 valence electrons. The van der Waals surface area contributed by atoms with E-state index in [1.54, 1.807) is 60.7 Å². The van der Waals surface area contributed by atoms with Gasteiger partial charge in [-0.2, -0.15) is 5.10 Å². The number of rotatable bonds is 12. The van der Waals surface area contributed by atoms with Gasteiger partial charge in [-0.05, 0) is 79.9 Å². The molecule has 1 heterocycles. The number of carbonyl (C=O) groups excluding carboxylic acids is 2. The molecule has 1 fully saturated rings. The molecule has 41 heavy (non-hydrogen) atoms. The first-order valence-corrected chi connectivity index (χ1v) is 15.2. The van der Waals surface area contributed by atoms with E-state index < -0.39 is 22.5 Å². The molecule has 0 aromatic heterocycles. The van der Waals surface area contributed by atoms with Crippen molar-refractivity contribution < 1.29 is 27.5 Å². The molecule has 3 aromatic carbocycles. The van der Waals surface area contributed by atoms with Gasteiger partial charge in [0.2, 0.25) is 0 Å². The topological polar surface area (TPSA) is 126 Å². The van der Waals surface area contributed by atoms with Gasteiger partial charge in [-0.25, -0.2) is 13.8 Å². The fourth-order valence-corrected chi connectivity index (χ4v) is 5.81. The second-order valence-corrected chi connectivity index (χ2v) is 12.2. The van der Waals surface area contributed by atoms with Crippen LogP contribution in [0.2, 0.25) is 0 Å². The highest BCUT2D eigenvalue weighted by atomic mass is 79.9. The summed E-state index contributed by atoms with van der Waals surface area (Å²) >= 11 is 3.36. The number of nitrogens with one attached hydrogen (secondary N) is 2. The second-order valence-electron chi connectivity index (χ2n) is 9.39. The summed E-state index contributed by atoms with van der Waals surface area (Å²) in [5.41, 5.74) is 4.30. The van der Waals surface area contributed by atoms with Gasteiger partial charge in [0.25, 0.3) is 21.8 Å². The van der Waals surface area contributed by atoms with Crippen molar-refractivity contribution in [2.45, 2.75) is 30.8 Å². The molecule has 2 amide bonds. The van der Waals surface area contributed by atoms with Gasteiger partial charge in [-0.15, -0.1) is 0 Å². The van der Waals surface area contributed by atoms with Crippen molar-refractivity contribution in [1.82, 2.24) is 10.7 Å². The fraction of sp³-hybridized carbons (Fsp3) is 0.276. The molecule has 2 N–H and O–H groups in total. The van der Waals surface area contributed by atoms with Gasteiger partial charge >= 0.3 is 0 Å². The van der Waals surface area contributed by atoms with Crippen LogP contribution < -0.4 is 19.8 Å². The summed E-state index contributed by atoms with van der Waals surface area (Å²) in [6.07, 6.45) is 3.45. The van der Waals surface area contributed by atoms with E-state index in [1.165, 1.54) is 18.3 Å². The number of hydrogen-bond acceptors (Lipinski definition) is 7. The van der Waals surface area contributed by atoms with Crippen LogP contribution in [0.1, 0.15) is 24.0 Å². The number of sulfonamides is 1. The van der Waals surface area contributed by atoms with Gasteiger partial charge in [0.1, 0.15) is 12.3 Å². The number of amides is 2. The molecule has 0 radical (unpaired) electrons. The SMILES string of the molecule is Cc1ccc(S(=O)(=O)N(CC(=O)N/N=C\c2ccc(OCC(=O)NC[C@H]3CCCO3)cc2)c2cccc(Br)c2)cc1. The molecule has 4 rings (SSSR count). The molecule has 0 saturated carbocycles. The highest BCUT2D eigenvalue weighted by Gasteiger charge is 2.27. The summed E-state index contributed by atoms with van der Waals surface area (Å²) in [5, 5.41) is 6.76. The van der Waals surface area contributed by atoms with Crippen molar-refractivity contribution in [2.24, 2.45) is 5.10 Å². The van der Waals surface area contributed by atoms with Crippen LogP contribution in [-0.2, 0) is 24.3 Å². The first-order chi connectivity index (χ1) is 19.7. The molecule has 1 atom stereocenters. The maximum Gasteiger partial charge on any atom is 0.264 e. The first kappa shape index (κ1) is 30.2. The fourth-order valence-electron chi connectivity index (χ4n) is 4.01. The molecular weight excluding hydrogens is 612 g/mol. The Morgan fingerprint density at radius 2 is 1.85 bits per heavy atom. The Kier molecular flexibility index (Phi) is 10.5. The summed E-state index contributed by atoms with van der Waals surface area (Å²) in [4.78, 5) is 24.8. The molecule has 0 aliphatic carbocycles. The van der Waals surface area contributed by atoms with Crippen molar-refractivity contribution in [2.75, 3.05) is 30.6 Å². The number of carbonyl (C=O) groups is 2. The number of nitrogens with zero attached hydrogens (tertiary/aromatic N) is 2. The number of aryl methyl sites for hydroxylation is 1. The van der Waals surface area contributed by atoms with E-state index in [0.29, 0.717) is 28.0 Å².